The molecule has 1 aromatic carbocycles. The summed E-state index contributed by atoms with van der Waals surface area (Å²) in [5.41, 5.74) is 2.09. The van der Waals surface area contributed by atoms with Gasteiger partial charge in [-0.1, -0.05) is 24.9 Å². The minimum Gasteiger partial charge on any atom is -0.344 e. The molecule has 0 aliphatic rings. The molecule has 0 unspecified atom stereocenters. The van der Waals surface area contributed by atoms with Crippen molar-refractivity contribution in [2.75, 3.05) is 23.8 Å². The zero-order valence-electron chi connectivity index (χ0n) is 13.7. The van der Waals surface area contributed by atoms with Crippen LogP contribution >= 0.6 is 11.6 Å². The van der Waals surface area contributed by atoms with Gasteiger partial charge in [0.15, 0.2) is 17.0 Å². The molecule has 0 spiro atoms. The molecule has 3 rings (SSSR count). The van der Waals surface area contributed by atoms with E-state index in [1.54, 1.807) is 12.4 Å². The van der Waals surface area contributed by atoms with Gasteiger partial charge in [-0.15, -0.1) is 0 Å². The third-order valence-corrected chi connectivity index (χ3v) is 3.87. The molecule has 0 radical (unpaired) electrons. The molecule has 0 atom stereocenters. The largest absolute Gasteiger partial charge is 0.344 e. The van der Waals surface area contributed by atoms with Crippen LogP contribution in [0.4, 0.5) is 17.5 Å². The number of aromatic nitrogens is 4. The Morgan fingerprint density at radius 2 is 1.83 bits per heavy atom. The monoisotopic (exact) mass is 342 g/mol. The van der Waals surface area contributed by atoms with Crippen molar-refractivity contribution in [1.82, 2.24) is 19.9 Å². The molecule has 0 saturated heterocycles. The molecule has 3 aromatic rings. The summed E-state index contributed by atoms with van der Waals surface area (Å²) in [6.07, 6.45) is 5.47. The van der Waals surface area contributed by atoms with E-state index >= 15 is 0 Å². The minimum atomic E-state index is 0.572. The van der Waals surface area contributed by atoms with Crippen molar-refractivity contribution in [1.29, 1.82) is 0 Å². The van der Waals surface area contributed by atoms with Crippen LogP contribution in [0.15, 0.2) is 36.7 Å². The summed E-state index contributed by atoms with van der Waals surface area (Å²) < 4.78 is 0. The summed E-state index contributed by atoms with van der Waals surface area (Å²) in [6.45, 7) is 3.05. The number of nitrogens with one attached hydrogen (secondary N) is 1. The van der Waals surface area contributed by atoms with E-state index in [9.17, 15) is 0 Å². The highest BCUT2D eigenvalue weighted by Crippen LogP contribution is 2.24. The number of anilines is 3. The first-order valence-electron chi connectivity index (χ1n) is 7.90. The van der Waals surface area contributed by atoms with Crippen molar-refractivity contribution >= 4 is 40.2 Å². The van der Waals surface area contributed by atoms with Crippen LogP contribution in [0.1, 0.15) is 19.8 Å². The van der Waals surface area contributed by atoms with Crippen LogP contribution in [0.25, 0.3) is 11.2 Å². The van der Waals surface area contributed by atoms with E-state index in [0.29, 0.717) is 28.0 Å². The Labute approximate surface area is 145 Å². The second-order valence-electron chi connectivity index (χ2n) is 5.51. The third-order valence-electron chi connectivity index (χ3n) is 3.62. The topological polar surface area (TPSA) is 66.8 Å². The Bertz CT molecular complexity index is 821. The summed E-state index contributed by atoms with van der Waals surface area (Å²) in [5, 5.41) is 3.97. The fraction of sp³-hybridized carbons (Fsp3) is 0.294. The second-order valence-corrected chi connectivity index (χ2v) is 5.94. The van der Waals surface area contributed by atoms with Gasteiger partial charge in [-0.2, -0.15) is 9.97 Å². The lowest BCUT2D eigenvalue weighted by atomic mass is 10.3. The third kappa shape index (κ3) is 3.71. The van der Waals surface area contributed by atoms with Crippen LogP contribution in [0.3, 0.4) is 0 Å². The molecule has 0 saturated carbocycles. The molecular formula is C17H19ClN6. The molecule has 24 heavy (non-hydrogen) atoms. The van der Waals surface area contributed by atoms with Crippen molar-refractivity contribution in [3.8, 4) is 0 Å². The number of nitrogens with zero attached hydrogens (tertiary/aromatic N) is 5. The van der Waals surface area contributed by atoms with E-state index in [0.717, 1.165) is 25.1 Å². The van der Waals surface area contributed by atoms with E-state index in [2.05, 4.69) is 32.2 Å². The maximum absolute atomic E-state index is 5.94. The lowest BCUT2D eigenvalue weighted by Crippen LogP contribution is -2.21. The fourth-order valence-corrected chi connectivity index (χ4v) is 2.40. The highest BCUT2D eigenvalue weighted by atomic mass is 35.5. The average Bonchev–Trinajstić information content (AvgIpc) is 2.61. The quantitative estimate of drug-likeness (QED) is 0.728. The Morgan fingerprint density at radius 1 is 1.08 bits per heavy atom. The van der Waals surface area contributed by atoms with Crippen LogP contribution in [0.2, 0.25) is 5.02 Å². The summed E-state index contributed by atoms with van der Waals surface area (Å²) in [4.78, 5) is 19.9. The van der Waals surface area contributed by atoms with Gasteiger partial charge in [0.25, 0.3) is 0 Å². The number of benzene rings is 1. The number of hydrogen-bond donors (Lipinski definition) is 1. The lowest BCUT2D eigenvalue weighted by molar-refractivity contribution is 0.751. The Hall–Kier alpha value is -2.47. The standard InChI is InChI=1S/C17H19ClN6/c1-3-4-11-24(2)17-22-15-14(19-9-10-20-15)16(23-17)21-13-7-5-12(18)6-8-13/h5-10H,3-4,11H2,1-2H3,(H,20,21,22,23). The predicted molar refractivity (Wildman–Crippen MR) is 98.0 cm³/mol. The van der Waals surface area contributed by atoms with Crippen molar-refractivity contribution in [2.45, 2.75) is 19.8 Å². The molecule has 2 heterocycles. The second kappa shape index (κ2) is 7.40. The van der Waals surface area contributed by atoms with Crippen LogP contribution in [-0.2, 0) is 0 Å². The predicted octanol–water partition coefficient (Wildman–Crippen LogP) is 4.05. The zero-order chi connectivity index (χ0) is 16.9. The van der Waals surface area contributed by atoms with Crippen LogP contribution < -0.4 is 10.2 Å². The summed E-state index contributed by atoms with van der Waals surface area (Å²) in [5.74, 6) is 1.27. The van der Waals surface area contributed by atoms with Crippen molar-refractivity contribution in [3.63, 3.8) is 0 Å². The molecule has 0 aliphatic carbocycles. The van der Waals surface area contributed by atoms with Crippen LogP contribution in [0.5, 0.6) is 0 Å². The zero-order valence-corrected chi connectivity index (χ0v) is 14.5. The number of fused-ring (bicyclic) bond motifs is 1. The van der Waals surface area contributed by atoms with Crippen LogP contribution in [-0.4, -0.2) is 33.5 Å². The first kappa shape index (κ1) is 16.4. The van der Waals surface area contributed by atoms with Gasteiger partial charge >= 0.3 is 0 Å². The normalized spacial score (nSPS) is 10.8. The van der Waals surface area contributed by atoms with Gasteiger partial charge in [0.05, 0.1) is 0 Å². The molecule has 0 fully saturated rings. The highest BCUT2D eigenvalue weighted by Gasteiger charge is 2.13. The van der Waals surface area contributed by atoms with Gasteiger partial charge in [0.2, 0.25) is 5.95 Å². The van der Waals surface area contributed by atoms with Crippen molar-refractivity contribution in [2.24, 2.45) is 0 Å². The average molecular weight is 343 g/mol. The smallest absolute Gasteiger partial charge is 0.229 e. The lowest BCUT2D eigenvalue weighted by Gasteiger charge is -2.18. The van der Waals surface area contributed by atoms with Crippen molar-refractivity contribution in [3.05, 3.63) is 41.7 Å². The Kier molecular flexibility index (Phi) is 5.05. The molecule has 124 valence electrons. The summed E-state index contributed by atoms with van der Waals surface area (Å²) in [7, 11) is 1.99. The number of hydrogen-bond acceptors (Lipinski definition) is 6. The molecule has 2 aromatic heterocycles. The van der Waals surface area contributed by atoms with E-state index in [1.165, 1.54) is 0 Å². The van der Waals surface area contributed by atoms with Gasteiger partial charge in [-0.05, 0) is 30.7 Å². The van der Waals surface area contributed by atoms with E-state index in [4.69, 9.17) is 11.6 Å². The van der Waals surface area contributed by atoms with Crippen LogP contribution in [0, 0.1) is 0 Å². The van der Waals surface area contributed by atoms with Gasteiger partial charge in [-0.3, -0.25) is 0 Å². The maximum Gasteiger partial charge on any atom is 0.229 e. The molecule has 0 amide bonds. The number of unbranched alkanes of at least 4 members (excludes halogenated alkanes) is 1. The SMILES string of the molecule is CCCCN(C)c1nc(Nc2ccc(Cl)cc2)c2nccnc2n1. The van der Waals surface area contributed by atoms with E-state index < -0.39 is 0 Å². The fourth-order valence-electron chi connectivity index (χ4n) is 2.28. The summed E-state index contributed by atoms with van der Waals surface area (Å²) >= 11 is 5.94. The Morgan fingerprint density at radius 3 is 2.58 bits per heavy atom. The Balaban J connectivity index is 1.99. The van der Waals surface area contributed by atoms with E-state index in [-0.39, 0.29) is 0 Å². The molecule has 6 nitrogen and oxygen atoms in total. The summed E-state index contributed by atoms with van der Waals surface area (Å²) in [6, 6.07) is 7.45. The number of halogens is 1. The number of rotatable bonds is 6. The first-order chi connectivity index (χ1) is 11.7. The van der Waals surface area contributed by atoms with Gasteiger partial charge in [-0.25, -0.2) is 9.97 Å². The van der Waals surface area contributed by atoms with E-state index in [1.807, 2.05) is 36.2 Å². The molecule has 7 heteroatoms. The molecule has 0 bridgehead atoms. The van der Waals surface area contributed by atoms with Gasteiger partial charge in [0.1, 0.15) is 0 Å². The first-order valence-corrected chi connectivity index (χ1v) is 8.27. The highest BCUT2D eigenvalue weighted by molar-refractivity contribution is 6.30. The van der Waals surface area contributed by atoms with Crippen molar-refractivity contribution < 1.29 is 0 Å². The maximum atomic E-state index is 5.94. The molecular weight excluding hydrogens is 324 g/mol. The van der Waals surface area contributed by atoms with Gasteiger partial charge < -0.3 is 10.2 Å². The molecule has 1 N–H and O–H groups in total. The minimum absolute atomic E-state index is 0.572. The molecule has 0 aliphatic heterocycles. The van der Waals surface area contributed by atoms with Gasteiger partial charge in [0, 0.05) is 36.7 Å².